The minimum atomic E-state index is -0.168. The Morgan fingerprint density at radius 2 is 1.84 bits per heavy atom. The standard InChI is InChI=1S/C20H18N2O3/c1-13(19-11-14-7-3-5-9-17(14)24-19)22(2)20(23)12-16-15-8-4-6-10-18(15)25-21-16/h3-11,13H,12H2,1-2H3/t13-/m0/s1. The summed E-state index contributed by atoms with van der Waals surface area (Å²) in [5.74, 6) is 0.731. The number of furan rings is 1. The first-order chi connectivity index (χ1) is 12.1. The van der Waals surface area contributed by atoms with Crippen LogP contribution in [0.1, 0.15) is 24.4 Å². The lowest BCUT2D eigenvalue weighted by Gasteiger charge is -2.23. The van der Waals surface area contributed by atoms with Gasteiger partial charge in [-0.25, -0.2) is 0 Å². The van der Waals surface area contributed by atoms with Crippen molar-refractivity contribution in [2.24, 2.45) is 0 Å². The van der Waals surface area contributed by atoms with Gasteiger partial charge in [0, 0.05) is 17.8 Å². The number of amides is 1. The second-order valence-corrected chi connectivity index (χ2v) is 6.17. The van der Waals surface area contributed by atoms with Crippen molar-refractivity contribution in [3.63, 3.8) is 0 Å². The van der Waals surface area contributed by atoms with E-state index in [2.05, 4.69) is 5.16 Å². The van der Waals surface area contributed by atoms with Gasteiger partial charge in [0.2, 0.25) is 5.91 Å². The third kappa shape index (κ3) is 2.78. The minimum absolute atomic E-state index is 0.0352. The fourth-order valence-corrected chi connectivity index (χ4v) is 2.95. The molecule has 25 heavy (non-hydrogen) atoms. The summed E-state index contributed by atoms with van der Waals surface area (Å²) in [6, 6.07) is 17.2. The van der Waals surface area contributed by atoms with Gasteiger partial charge in [-0.1, -0.05) is 35.5 Å². The number of hydrogen-bond donors (Lipinski definition) is 0. The normalized spacial score (nSPS) is 12.6. The maximum Gasteiger partial charge on any atom is 0.229 e. The fraction of sp³-hybridized carbons (Fsp3) is 0.200. The average Bonchev–Trinajstić information content (AvgIpc) is 3.25. The number of hydrogen-bond acceptors (Lipinski definition) is 4. The molecule has 0 saturated carbocycles. The van der Waals surface area contributed by atoms with E-state index in [1.54, 1.807) is 11.9 Å². The highest BCUT2D eigenvalue weighted by atomic mass is 16.5. The second kappa shape index (κ2) is 6.09. The summed E-state index contributed by atoms with van der Waals surface area (Å²) in [6.45, 7) is 1.95. The lowest BCUT2D eigenvalue weighted by molar-refractivity contribution is -0.131. The number of benzene rings is 2. The van der Waals surface area contributed by atoms with Crippen LogP contribution in [0, 0.1) is 0 Å². The average molecular weight is 334 g/mol. The molecule has 0 spiro atoms. The monoisotopic (exact) mass is 334 g/mol. The number of nitrogens with zero attached hydrogens (tertiary/aromatic N) is 2. The van der Waals surface area contributed by atoms with Crippen LogP contribution in [0.5, 0.6) is 0 Å². The molecule has 126 valence electrons. The fourth-order valence-electron chi connectivity index (χ4n) is 2.95. The van der Waals surface area contributed by atoms with E-state index < -0.39 is 0 Å². The van der Waals surface area contributed by atoms with E-state index in [4.69, 9.17) is 8.94 Å². The maximum absolute atomic E-state index is 12.7. The highest BCUT2D eigenvalue weighted by molar-refractivity contribution is 5.86. The van der Waals surface area contributed by atoms with E-state index >= 15 is 0 Å². The van der Waals surface area contributed by atoms with Gasteiger partial charge in [-0.3, -0.25) is 4.79 Å². The first-order valence-corrected chi connectivity index (χ1v) is 8.21. The van der Waals surface area contributed by atoms with Crippen LogP contribution >= 0.6 is 0 Å². The topological polar surface area (TPSA) is 59.5 Å². The SMILES string of the molecule is C[C@@H](c1cc2ccccc2o1)N(C)C(=O)Cc1noc2ccccc12. The lowest BCUT2D eigenvalue weighted by Crippen LogP contribution is -2.30. The van der Waals surface area contributed by atoms with Crippen LogP contribution in [-0.4, -0.2) is 23.0 Å². The zero-order chi connectivity index (χ0) is 17.4. The number of carbonyl (C=O) groups excluding carboxylic acids is 1. The van der Waals surface area contributed by atoms with Gasteiger partial charge in [0.1, 0.15) is 17.0 Å². The van der Waals surface area contributed by atoms with Crippen LogP contribution in [0.3, 0.4) is 0 Å². The highest BCUT2D eigenvalue weighted by Crippen LogP contribution is 2.27. The third-order valence-corrected chi connectivity index (χ3v) is 4.60. The molecule has 4 rings (SSSR count). The molecule has 1 amide bonds. The molecule has 5 nitrogen and oxygen atoms in total. The number of rotatable bonds is 4. The van der Waals surface area contributed by atoms with E-state index in [9.17, 15) is 4.79 Å². The number of carbonyl (C=O) groups is 1. The molecule has 0 N–H and O–H groups in total. The van der Waals surface area contributed by atoms with Gasteiger partial charge in [0.05, 0.1) is 12.5 Å². The zero-order valence-corrected chi connectivity index (χ0v) is 14.1. The van der Waals surface area contributed by atoms with E-state index in [-0.39, 0.29) is 18.4 Å². The van der Waals surface area contributed by atoms with Crippen LogP contribution in [-0.2, 0) is 11.2 Å². The van der Waals surface area contributed by atoms with Crippen LogP contribution in [0.4, 0.5) is 0 Å². The maximum atomic E-state index is 12.7. The van der Waals surface area contributed by atoms with Gasteiger partial charge in [0.25, 0.3) is 0 Å². The number of fused-ring (bicyclic) bond motifs is 2. The summed E-state index contributed by atoms with van der Waals surface area (Å²) in [7, 11) is 1.78. The Hall–Kier alpha value is -3.08. The molecule has 2 aromatic heterocycles. The van der Waals surface area contributed by atoms with Crippen molar-refractivity contribution in [1.29, 1.82) is 0 Å². The van der Waals surface area contributed by atoms with Crippen LogP contribution < -0.4 is 0 Å². The Morgan fingerprint density at radius 3 is 2.64 bits per heavy atom. The molecule has 0 aliphatic carbocycles. The van der Waals surface area contributed by atoms with Crippen molar-refractivity contribution in [1.82, 2.24) is 10.1 Å². The molecule has 4 aromatic rings. The summed E-state index contributed by atoms with van der Waals surface area (Å²) in [6.07, 6.45) is 0.193. The van der Waals surface area contributed by atoms with E-state index in [1.807, 2.05) is 61.5 Å². The summed E-state index contributed by atoms with van der Waals surface area (Å²) in [4.78, 5) is 14.4. The molecule has 0 aliphatic heterocycles. The molecule has 0 radical (unpaired) electrons. The molecule has 0 bridgehead atoms. The van der Waals surface area contributed by atoms with Crippen molar-refractivity contribution in [3.05, 3.63) is 66.1 Å². The van der Waals surface area contributed by atoms with Crippen molar-refractivity contribution in [2.75, 3.05) is 7.05 Å². The van der Waals surface area contributed by atoms with Gasteiger partial charge < -0.3 is 13.8 Å². The molecule has 0 saturated heterocycles. The minimum Gasteiger partial charge on any atom is -0.459 e. The van der Waals surface area contributed by atoms with Crippen LogP contribution in [0.15, 0.2) is 63.5 Å². The predicted octanol–water partition coefficient (Wildman–Crippen LogP) is 4.34. The number of aromatic nitrogens is 1. The Bertz CT molecular complexity index is 1010. The number of para-hydroxylation sites is 2. The molecule has 0 aliphatic rings. The first kappa shape index (κ1) is 15.4. The summed E-state index contributed by atoms with van der Waals surface area (Å²) < 4.78 is 11.2. The van der Waals surface area contributed by atoms with E-state index in [0.29, 0.717) is 11.3 Å². The van der Waals surface area contributed by atoms with Crippen LogP contribution in [0.2, 0.25) is 0 Å². The first-order valence-electron chi connectivity index (χ1n) is 8.21. The van der Waals surface area contributed by atoms with Crippen molar-refractivity contribution >= 4 is 27.8 Å². The van der Waals surface area contributed by atoms with E-state index in [0.717, 1.165) is 22.1 Å². The van der Waals surface area contributed by atoms with E-state index in [1.165, 1.54) is 0 Å². The molecular weight excluding hydrogens is 316 g/mol. The molecule has 5 heteroatoms. The molecule has 0 fully saturated rings. The summed E-state index contributed by atoms with van der Waals surface area (Å²) in [5, 5.41) is 5.95. The highest BCUT2D eigenvalue weighted by Gasteiger charge is 2.22. The molecule has 2 aromatic carbocycles. The predicted molar refractivity (Wildman–Crippen MR) is 95.1 cm³/mol. The Labute approximate surface area is 144 Å². The molecule has 1 atom stereocenters. The summed E-state index contributed by atoms with van der Waals surface area (Å²) in [5.41, 5.74) is 2.18. The zero-order valence-electron chi connectivity index (χ0n) is 14.1. The molecular formula is C20H18N2O3. The van der Waals surface area contributed by atoms with Gasteiger partial charge >= 0.3 is 0 Å². The van der Waals surface area contributed by atoms with Gasteiger partial charge in [0.15, 0.2) is 5.58 Å². The van der Waals surface area contributed by atoms with Crippen molar-refractivity contribution < 1.29 is 13.7 Å². The second-order valence-electron chi connectivity index (χ2n) is 6.17. The summed E-state index contributed by atoms with van der Waals surface area (Å²) >= 11 is 0. The van der Waals surface area contributed by atoms with Crippen molar-refractivity contribution in [2.45, 2.75) is 19.4 Å². The van der Waals surface area contributed by atoms with Gasteiger partial charge in [-0.2, -0.15) is 0 Å². The smallest absolute Gasteiger partial charge is 0.229 e. The molecule has 2 heterocycles. The largest absolute Gasteiger partial charge is 0.459 e. The Morgan fingerprint density at radius 1 is 1.12 bits per heavy atom. The lowest BCUT2D eigenvalue weighted by atomic mass is 10.1. The number of likely N-dealkylation sites (N-methyl/N-ethyl adjacent to an activating group) is 1. The Balaban J connectivity index is 1.55. The van der Waals surface area contributed by atoms with Crippen molar-refractivity contribution in [3.8, 4) is 0 Å². The third-order valence-electron chi connectivity index (χ3n) is 4.60. The van der Waals surface area contributed by atoms with Gasteiger partial charge in [-0.05, 0) is 31.2 Å². The Kier molecular flexibility index (Phi) is 3.76. The molecule has 0 unspecified atom stereocenters. The van der Waals surface area contributed by atoms with Crippen LogP contribution in [0.25, 0.3) is 21.9 Å². The quantitative estimate of drug-likeness (QED) is 0.557. The van der Waals surface area contributed by atoms with Gasteiger partial charge in [-0.15, -0.1) is 0 Å².